The third kappa shape index (κ3) is 2.17. The number of halogens is 3. The van der Waals surface area contributed by atoms with Gasteiger partial charge in [-0.15, -0.1) is 0 Å². The molecule has 0 saturated carbocycles. The topological polar surface area (TPSA) is 65.2 Å². The fraction of sp³-hybridized carbons (Fsp3) is 0.250. The van der Waals surface area contributed by atoms with E-state index in [9.17, 15) is 18.0 Å². The number of ether oxygens (including phenoxy) is 1. The van der Waals surface area contributed by atoms with E-state index in [1.165, 1.54) is 0 Å². The van der Waals surface area contributed by atoms with Crippen molar-refractivity contribution in [2.24, 2.45) is 0 Å². The van der Waals surface area contributed by atoms with Crippen molar-refractivity contribution in [1.29, 1.82) is 0 Å². The van der Waals surface area contributed by atoms with Crippen LogP contribution in [0.25, 0.3) is 0 Å². The van der Waals surface area contributed by atoms with Crippen molar-refractivity contribution in [2.45, 2.75) is 6.43 Å². The Kier molecular flexibility index (Phi) is 3.13. The van der Waals surface area contributed by atoms with Gasteiger partial charge in [-0.3, -0.25) is 0 Å². The van der Waals surface area contributed by atoms with Gasteiger partial charge >= 0.3 is 5.97 Å². The molecular weight excluding hydrogens is 213 g/mol. The monoisotopic (exact) mass is 220 g/mol. The lowest BCUT2D eigenvalue weighted by molar-refractivity contribution is 0.0595. The highest BCUT2D eigenvalue weighted by molar-refractivity contribution is 5.94. The Balaban J connectivity index is 3.27. The van der Waals surface area contributed by atoms with Gasteiger partial charge in [0, 0.05) is 6.07 Å². The molecule has 0 aromatic carbocycles. The summed E-state index contributed by atoms with van der Waals surface area (Å²) < 4.78 is 41.6. The standard InChI is InChI=1S/C8H7F3N2O2/c1-15-8(14)5-3(9)2-4(6(10)11)13-7(5)12/h2,6H,1H3,(H2,12,13). The summed E-state index contributed by atoms with van der Waals surface area (Å²) in [6, 6.07) is 0.452. The second-order valence-corrected chi connectivity index (χ2v) is 2.58. The number of methoxy groups -OCH3 is 1. The van der Waals surface area contributed by atoms with E-state index in [0.717, 1.165) is 7.11 Å². The number of carbonyl (C=O) groups excluding carboxylic acids is 1. The highest BCUT2D eigenvalue weighted by atomic mass is 19.3. The highest BCUT2D eigenvalue weighted by Crippen LogP contribution is 2.22. The Morgan fingerprint density at radius 2 is 2.20 bits per heavy atom. The maximum absolute atomic E-state index is 13.2. The summed E-state index contributed by atoms with van der Waals surface area (Å²) in [5.74, 6) is -2.85. The maximum Gasteiger partial charge on any atom is 0.344 e. The molecule has 0 atom stereocenters. The lowest BCUT2D eigenvalue weighted by atomic mass is 10.2. The average Bonchev–Trinajstić information content (AvgIpc) is 2.16. The van der Waals surface area contributed by atoms with Crippen LogP contribution < -0.4 is 5.73 Å². The first-order chi connectivity index (χ1) is 6.97. The van der Waals surface area contributed by atoms with Crippen LogP contribution in [0.1, 0.15) is 22.5 Å². The van der Waals surface area contributed by atoms with Gasteiger partial charge in [0.05, 0.1) is 7.11 Å². The first-order valence-electron chi connectivity index (χ1n) is 3.79. The molecular formula is C8H7F3N2O2. The van der Waals surface area contributed by atoms with Gasteiger partial charge in [0.25, 0.3) is 6.43 Å². The highest BCUT2D eigenvalue weighted by Gasteiger charge is 2.21. The molecule has 15 heavy (non-hydrogen) atoms. The number of nitrogens with zero attached hydrogens (tertiary/aromatic N) is 1. The summed E-state index contributed by atoms with van der Waals surface area (Å²) in [4.78, 5) is 14.2. The predicted molar refractivity (Wildman–Crippen MR) is 44.9 cm³/mol. The third-order valence-electron chi connectivity index (χ3n) is 1.63. The Hall–Kier alpha value is -1.79. The molecule has 0 saturated heterocycles. The molecule has 4 nitrogen and oxygen atoms in total. The molecule has 0 aliphatic heterocycles. The van der Waals surface area contributed by atoms with Gasteiger partial charge in [-0.1, -0.05) is 0 Å². The molecule has 1 heterocycles. The number of esters is 1. The van der Waals surface area contributed by atoms with Crippen molar-refractivity contribution >= 4 is 11.8 Å². The van der Waals surface area contributed by atoms with Crippen molar-refractivity contribution in [1.82, 2.24) is 4.98 Å². The summed E-state index contributed by atoms with van der Waals surface area (Å²) in [5, 5.41) is 0. The Morgan fingerprint density at radius 1 is 1.60 bits per heavy atom. The van der Waals surface area contributed by atoms with Crippen LogP contribution in [0, 0.1) is 5.82 Å². The average molecular weight is 220 g/mol. The number of nitrogens with two attached hydrogens (primary N) is 1. The number of aromatic nitrogens is 1. The molecule has 1 aromatic rings. The number of nitrogen functional groups attached to an aromatic ring is 1. The molecule has 0 aliphatic carbocycles. The quantitative estimate of drug-likeness (QED) is 0.767. The van der Waals surface area contributed by atoms with Crippen LogP contribution in [0.2, 0.25) is 0 Å². The Bertz CT molecular complexity index is 372. The van der Waals surface area contributed by atoms with Crippen LogP contribution in [0.5, 0.6) is 0 Å². The first kappa shape index (κ1) is 11.3. The fourth-order valence-corrected chi connectivity index (χ4v) is 0.968. The molecule has 0 radical (unpaired) electrons. The fourth-order valence-electron chi connectivity index (χ4n) is 0.968. The summed E-state index contributed by atoms with van der Waals surface area (Å²) in [5.41, 5.74) is 3.69. The lowest BCUT2D eigenvalue weighted by Crippen LogP contribution is -2.11. The first-order valence-corrected chi connectivity index (χ1v) is 3.79. The van der Waals surface area contributed by atoms with Gasteiger partial charge in [0.1, 0.15) is 22.9 Å². The third-order valence-corrected chi connectivity index (χ3v) is 1.63. The minimum Gasteiger partial charge on any atom is -0.465 e. The van der Waals surface area contributed by atoms with E-state index in [0.29, 0.717) is 6.07 Å². The van der Waals surface area contributed by atoms with E-state index in [4.69, 9.17) is 5.73 Å². The lowest BCUT2D eigenvalue weighted by Gasteiger charge is -2.06. The molecule has 1 rings (SSSR count). The zero-order valence-corrected chi connectivity index (χ0v) is 7.63. The number of hydrogen-bond donors (Lipinski definition) is 1. The molecule has 0 unspecified atom stereocenters. The van der Waals surface area contributed by atoms with Gasteiger partial charge in [-0.2, -0.15) is 0 Å². The molecule has 1 aromatic heterocycles. The van der Waals surface area contributed by atoms with E-state index in [-0.39, 0.29) is 0 Å². The van der Waals surface area contributed by atoms with Gasteiger partial charge in [-0.05, 0) is 0 Å². The van der Waals surface area contributed by atoms with E-state index >= 15 is 0 Å². The second-order valence-electron chi connectivity index (χ2n) is 2.58. The van der Waals surface area contributed by atoms with Crippen molar-refractivity contribution in [3.63, 3.8) is 0 Å². The minimum absolute atomic E-state index is 0.452. The largest absolute Gasteiger partial charge is 0.465 e. The van der Waals surface area contributed by atoms with Crippen molar-refractivity contribution in [3.8, 4) is 0 Å². The molecule has 0 spiro atoms. The predicted octanol–water partition coefficient (Wildman–Crippen LogP) is 1.53. The summed E-state index contributed by atoms with van der Waals surface area (Å²) >= 11 is 0. The summed E-state index contributed by atoms with van der Waals surface area (Å²) in [6.07, 6.45) is -2.95. The number of rotatable bonds is 2. The van der Waals surface area contributed by atoms with Crippen LogP contribution in [0.3, 0.4) is 0 Å². The molecule has 82 valence electrons. The zero-order valence-electron chi connectivity index (χ0n) is 7.63. The molecule has 0 fully saturated rings. The van der Waals surface area contributed by atoms with Crippen molar-refractivity contribution in [3.05, 3.63) is 23.1 Å². The molecule has 7 heteroatoms. The Morgan fingerprint density at radius 3 is 2.60 bits per heavy atom. The van der Waals surface area contributed by atoms with E-state index < -0.39 is 35.3 Å². The summed E-state index contributed by atoms with van der Waals surface area (Å²) in [6.45, 7) is 0. The number of carbonyl (C=O) groups is 1. The van der Waals surface area contributed by atoms with Crippen molar-refractivity contribution in [2.75, 3.05) is 12.8 Å². The van der Waals surface area contributed by atoms with Crippen molar-refractivity contribution < 1.29 is 22.7 Å². The van der Waals surface area contributed by atoms with Crippen LogP contribution in [-0.2, 0) is 4.74 Å². The van der Waals surface area contributed by atoms with Crippen LogP contribution >= 0.6 is 0 Å². The van der Waals surface area contributed by atoms with Crippen LogP contribution in [-0.4, -0.2) is 18.1 Å². The minimum atomic E-state index is -2.95. The molecule has 2 N–H and O–H groups in total. The normalized spacial score (nSPS) is 10.5. The number of pyridine rings is 1. The van der Waals surface area contributed by atoms with Crippen LogP contribution in [0.15, 0.2) is 6.07 Å². The van der Waals surface area contributed by atoms with Crippen LogP contribution in [0.4, 0.5) is 19.0 Å². The maximum atomic E-state index is 13.2. The SMILES string of the molecule is COC(=O)c1c(F)cc(C(F)F)nc1N. The van der Waals surface area contributed by atoms with E-state index in [2.05, 4.69) is 9.72 Å². The van der Waals surface area contributed by atoms with Gasteiger partial charge < -0.3 is 10.5 Å². The Labute approximate surface area is 82.9 Å². The van der Waals surface area contributed by atoms with Gasteiger partial charge in [0.2, 0.25) is 0 Å². The number of alkyl halides is 2. The van der Waals surface area contributed by atoms with Gasteiger partial charge in [0.15, 0.2) is 0 Å². The zero-order chi connectivity index (χ0) is 11.6. The van der Waals surface area contributed by atoms with E-state index in [1.807, 2.05) is 0 Å². The van der Waals surface area contributed by atoms with Gasteiger partial charge in [-0.25, -0.2) is 22.9 Å². The van der Waals surface area contributed by atoms with E-state index in [1.54, 1.807) is 0 Å². The summed E-state index contributed by atoms with van der Waals surface area (Å²) in [7, 11) is 1.02. The smallest absolute Gasteiger partial charge is 0.344 e. The molecule has 0 aliphatic rings. The number of anilines is 1. The number of hydrogen-bond acceptors (Lipinski definition) is 4. The second kappa shape index (κ2) is 4.16. The molecule has 0 bridgehead atoms. The molecule has 0 amide bonds.